The van der Waals surface area contributed by atoms with E-state index in [1.165, 1.54) is 6.20 Å². The first-order valence-electron chi connectivity index (χ1n) is 7.33. The van der Waals surface area contributed by atoms with E-state index in [1.807, 2.05) is 4.90 Å². The van der Waals surface area contributed by atoms with Crippen molar-refractivity contribution in [3.05, 3.63) is 48.4 Å². The number of alkyl halides is 3. The maximum absolute atomic E-state index is 12.8. The zero-order valence-corrected chi connectivity index (χ0v) is 12.3. The van der Waals surface area contributed by atoms with Gasteiger partial charge in [-0.25, -0.2) is 4.98 Å². The van der Waals surface area contributed by atoms with Gasteiger partial charge in [-0.15, -0.1) is 0 Å². The molecule has 1 atom stereocenters. The van der Waals surface area contributed by atoms with Crippen LogP contribution < -0.4 is 9.64 Å². The van der Waals surface area contributed by atoms with E-state index in [4.69, 9.17) is 4.74 Å². The van der Waals surface area contributed by atoms with Crippen molar-refractivity contribution in [3.8, 4) is 5.75 Å². The van der Waals surface area contributed by atoms with E-state index in [0.29, 0.717) is 25.5 Å². The number of pyridine rings is 2. The standard InChI is InChI=1S/C16H16F3N3O/c17-16(18,19)13-1-7-21-15(9-13)22-8-4-12(10-22)11-23-14-2-5-20-6-3-14/h1-3,5-7,9,12H,4,8,10-11H2. The first kappa shape index (κ1) is 15.6. The van der Waals surface area contributed by atoms with Gasteiger partial charge >= 0.3 is 6.18 Å². The maximum atomic E-state index is 12.8. The van der Waals surface area contributed by atoms with E-state index in [1.54, 1.807) is 24.5 Å². The molecule has 1 aliphatic rings. The van der Waals surface area contributed by atoms with Gasteiger partial charge in [0, 0.05) is 37.6 Å². The van der Waals surface area contributed by atoms with Crippen LogP contribution in [-0.2, 0) is 6.18 Å². The first-order chi connectivity index (χ1) is 11.0. The molecule has 122 valence electrons. The summed E-state index contributed by atoms with van der Waals surface area (Å²) in [6.45, 7) is 1.84. The number of ether oxygens (including phenoxy) is 1. The van der Waals surface area contributed by atoms with Crippen LogP contribution in [0.1, 0.15) is 12.0 Å². The topological polar surface area (TPSA) is 38.2 Å². The molecule has 1 unspecified atom stereocenters. The second-order valence-electron chi connectivity index (χ2n) is 5.50. The molecule has 3 heterocycles. The van der Waals surface area contributed by atoms with Crippen molar-refractivity contribution >= 4 is 5.82 Å². The second kappa shape index (κ2) is 6.44. The number of hydrogen-bond acceptors (Lipinski definition) is 4. The predicted molar refractivity (Wildman–Crippen MR) is 79.3 cm³/mol. The highest BCUT2D eigenvalue weighted by Gasteiger charge is 2.32. The largest absolute Gasteiger partial charge is 0.493 e. The van der Waals surface area contributed by atoms with Gasteiger partial charge in [-0.2, -0.15) is 13.2 Å². The molecular weight excluding hydrogens is 307 g/mol. The molecular formula is C16H16F3N3O. The fourth-order valence-corrected chi connectivity index (χ4v) is 2.59. The Morgan fingerprint density at radius 1 is 1.17 bits per heavy atom. The van der Waals surface area contributed by atoms with Gasteiger partial charge in [0.25, 0.3) is 0 Å². The summed E-state index contributed by atoms with van der Waals surface area (Å²) >= 11 is 0. The number of hydrogen-bond donors (Lipinski definition) is 0. The molecule has 1 saturated heterocycles. The highest BCUT2D eigenvalue weighted by Crippen LogP contribution is 2.32. The molecule has 2 aromatic heterocycles. The van der Waals surface area contributed by atoms with Crippen molar-refractivity contribution in [2.75, 3.05) is 24.6 Å². The number of nitrogens with zero attached hydrogens (tertiary/aromatic N) is 3. The Bertz CT molecular complexity index is 649. The predicted octanol–water partition coefficient (Wildman–Crippen LogP) is 3.40. The van der Waals surface area contributed by atoms with Crippen LogP contribution in [0.2, 0.25) is 0 Å². The summed E-state index contributed by atoms with van der Waals surface area (Å²) in [6, 6.07) is 5.65. The van der Waals surface area contributed by atoms with Crippen molar-refractivity contribution in [1.82, 2.24) is 9.97 Å². The molecule has 4 nitrogen and oxygen atoms in total. The zero-order valence-electron chi connectivity index (χ0n) is 12.3. The van der Waals surface area contributed by atoms with Crippen LogP contribution in [0.3, 0.4) is 0 Å². The molecule has 0 saturated carbocycles. The lowest BCUT2D eigenvalue weighted by molar-refractivity contribution is -0.137. The average molecular weight is 323 g/mol. The van der Waals surface area contributed by atoms with E-state index in [9.17, 15) is 13.2 Å². The third-order valence-corrected chi connectivity index (χ3v) is 3.82. The summed E-state index contributed by atoms with van der Waals surface area (Å²) in [7, 11) is 0. The fourth-order valence-electron chi connectivity index (χ4n) is 2.59. The molecule has 7 heteroatoms. The number of halogens is 3. The molecule has 2 aromatic rings. The van der Waals surface area contributed by atoms with Gasteiger partial charge in [0.05, 0.1) is 12.2 Å². The molecule has 0 radical (unpaired) electrons. The smallest absolute Gasteiger partial charge is 0.416 e. The zero-order chi connectivity index (χ0) is 16.3. The quantitative estimate of drug-likeness (QED) is 0.864. The molecule has 1 fully saturated rings. The van der Waals surface area contributed by atoms with Crippen molar-refractivity contribution in [2.24, 2.45) is 5.92 Å². The van der Waals surface area contributed by atoms with Gasteiger partial charge in [-0.1, -0.05) is 0 Å². The Morgan fingerprint density at radius 3 is 2.70 bits per heavy atom. The van der Waals surface area contributed by atoms with Crippen LogP contribution in [0.4, 0.5) is 19.0 Å². The summed E-state index contributed by atoms with van der Waals surface area (Å²) in [5, 5.41) is 0. The monoisotopic (exact) mass is 323 g/mol. The summed E-state index contributed by atoms with van der Waals surface area (Å²) in [5.41, 5.74) is -0.668. The summed E-state index contributed by atoms with van der Waals surface area (Å²) < 4.78 is 44.0. The Labute approximate surface area is 131 Å². The Balaban J connectivity index is 1.59. The summed E-state index contributed by atoms with van der Waals surface area (Å²) in [5.74, 6) is 1.38. The van der Waals surface area contributed by atoms with E-state index < -0.39 is 11.7 Å². The van der Waals surface area contributed by atoms with E-state index >= 15 is 0 Å². The minimum atomic E-state index is -4.35. The summed E-state index contributed by atoms with van der Waals surface area (Å²) in [4.78, 5) is 9.85. The third-order valence-electron chi connectivity index (χ3n) is 3.82. The maximum Gasteiger partial charge on any atom is 0.416 e. The van der Waals surface area contributed by atoms with E-state index in [0.717, 1.165) is 24.3 Å². The van der Waals surface area contributed by atoms with E-state index in [2.05, 4.69) is 9.97 Å². The Kier molecular flexibility index (Phi) is 4.36. The van der Waals surface area contributed by atoms with Gasteiger partial charge in [0.2, 0.25) is 0 Å². The van der Waals surface area contributed by atoms with Gasteiger partial charge in [0.15, 0.2) is 0 Å². The third kappa shape index (κ3) is 3.91. The van der Waals surface area contributed by atoms with Gasteiger partial charge < -0.3 is 9.64 Å². The molecule has 3 rings (SSSR count). The molecule has 1 aliphatic heterocycles. The molecule has 0 bridgehead atoms. The van der Waals surface area contributed by atoms with Gasteiger partial charge in [-0.05, 0) is 30.7 Å². The highest BCUT2D eigenvalue weighted by atomic mass is 19.4. The lowest BCUT2D eigenvalue weighted by Gasteiger charge is -2.19. The highest BCUT2D eigenvalue weighted by molar-refractivity contribution is 5.43. The van der Waals surface area contributed by atoms with Crippen LogP contribution in [0, 0.1) is 5.92 Å². The van der Waals surface area contributed by atoms with Crippen LogP contribution >= 0.6 is 0 Å². The van der Waals surface area contributed by atoms with Crippen molar-refractivity contribution in [1.29, 1.82) is 0 Å². The minimum Gasteiger partial charge on any atom is -0.493 e. The minimum absolute atomic E-state index is 0.263. The number of rotatable bonds is 4. The van der Waals surface area contributed by atoms with Crippen molar-refractivity contribution in [3.63, 3.8) is 0 Å². The fraction of sp³-hybridized carbons (Fsp3) is 0.375. The molecule has 0 spiro atoms. The van der Waals surface area contributed by atoms with Crippen LogP contribution in [-0.4, -0.2) is 29.7 Å². The second-order valence-corrected chi connectivity index (χ2v) is 5.50. The van der Waals surface area contributed by atoms with Crippen LogP contribution in [0.5, 0.6) is 5.75 Å². The van der Waals surface area contributed by atoms with Crippen molar-refractivity contribution < 1.29 is 17.9 Å². The van der Waals surface area contributed by atoms with Gasteiger partial charge in [-0.3, -0.25) is 4.98 Å². The Morgan fingerprint density at radius 2 is 1.96 bits per heavy atom. The number of aromatic nitrogens is 2. The van der Waals surface area contributed by atoms with E-state index in [-0.39, 0.29) is 5.92 Å². The molecule has 0 aliphatic carbocycles. The van der Waals surface area contributed by atoms with Gasteiger partial charge in [0.1, 0.15) is 11.6 Å². The van der Waals surface area contributed by atoms with Crippen LogP contribution in [0.25, 0.3) is 0 Å². The molecule has 0 aromatic carbocycles. The summed E-state index contributed by atoms with van der Waals surface area (Å²) in [6.07, 6.45) is 1.04. The Hall–Kier alpha value is -2.31. The SMILES string of the molecule is FC(F)(F)c1ccnc(N2CCC(COc3ccncc3)C2)c1. The molecule has 0 amide bonds. The normalized spacial score (nSPS) is 18.2. The lowest BCUT2D eigenvalue weighted by atomic mass is 10.1. The number of anilines is 1. The first-order valence-corrected chi connectivity index (χ1v) is 7.33. The lowest BCUT2D eigenvalue weighted by Crippen LogP contribution is -2.23. The van der Waals surface area contributed by atoms with Crippen LogP contribution in [0.15, 0.2) is 42.9 Å². The molecule has 23 heavy (non-hydrogen) atoms. The average Bonchev–Trinajstić information content (AvgIpc) is 3.02. The van der Waals surface area contributed by atoms with Crippen molar-refractivity contribution in [2.45, 2.75) is 12.6 Å². The molecule has 0 N–H and O–H groups in total.